The molecule has 1 aromatic heterocycles. The Kier molecular flexibility index (Phi) is 3.72. The van der Waals surface area contributed by atoms with E-state index in [4.69, 9.17) is 4.74 Å². The molecular formula is C12H19N3O. The maximum Gasteiger partial charge on any atom is 0.159 e. The molecule has 0 spiro atoms. The molecule has 4 nitrogen and oxygen atoms in total. The summed E-state index contributed by atoms with van der Waals surface area (Å²) < 4.78 is 5.62. The lowest BCUT2D eigenvalue weighted by atomic mass is 10.2. The van der Waals surface area contributed by atoms with Crippen LogP contribution in [0, 0.1) is 0 Å². The number of ether oxygens (including phenoxy) is 1. The second kappa shape index (κ2) is 5.25. The average molecular weight is 221 g/mol. The normalized spacial score (nSPS) is 20.0. The van der Waals surface area contributed by atoms with E-state index in [1.807, 2.05) is 13.1 Å². The molecule has 88 valence electrons. The van der Waals surface area contributed by atoms with Crippen LogP contribution < -0.4 is 5.32 Å². The third-order valence-corrected chi connectivity index (χ3v) is 2.78. The molecule has 1 atom stereocenters. The number of aromatic nitrogens is 2. The molecule has 0 amide bonds. The minimum atomic E-state index is 0.101. The maximum absolute atomic E-state index is 5.62. The van der Waals surface area contributed by atoms with Crippen LogP contribution in [0.4, 0.5) is 5.82 Å². The first kappa shape index (κ1) is 11.3. The number of hydrogen-bond acceptors (Lipinski definition) is 4. The van der Waals surface area contributed by atoms with E-state index >= 15 is 0 Å². The lowest BCUT2D eigenvalue weighted by molar-refractivity contribution is 0.105. The summed E-state index contributed by atoms with van der Waals surface area (Å²) in [5.41, 5.74) is 1.10. The molecule has 0 radical (unpaired) electrons. The van der Waals surface area contributed by atoms with E-state index in [1.54, 1.807) is 0 Å². The van der Waals surface area contributed by atoms with Crippen LogP contribution in [-0.4, -0.2) is 23.6 Å². The van der Waals surface area contributed by atoms with Crippen LogP contribution in [0.25, 0.3) is 0 Å². The Morgan fingerprint density at radius 2 is 2.38 bits per heavy atom. The Balaban J connectivity index is 2.24. The van der Waals surface area contributed by atoms with Gasteiger partial charge in [0.25, 0.3) is 0 Å². The van der Waals surface area contributed by atoms with Gasteiger partial charge in [-0.1, -0.05) is 13.3 Å². The van der Waals surface area contributed by atoms with Gasteiger partial charge in [-0.05, 0) is 19.3 Å². The predicted octanol–water partition coefficient (Wildman–Crippen LogP) is 2.32. The predicted molar refractivity (Wildman–Crippen MR) is 63.5 cm³/mol. The summed E-state index contributed by atoms with van der Waals surface area (Å²) in [5.74, 6) is 1.73. The fraction of sp³-hybridized carbons (Fsp3) is 0.667. The van der Waals surface area contributed by atoms with Gasteiger partial charge in [-0.2, -0.15) is 0 Å². The molecule has 1 N–H and O–H groups in total. The van der Waals surface area contributed by atoms with Crippen LogP contribution in [0.3, 0.4) is 0 Å². The molecule has 16 heavy (non-hydrogen) atoms. The maximum atomic E-state index is 5.62. The van der Waals surface area contributed by atoms with Crippen molar-refractivity contribution in [1.82, 2.24) is 9.97 Å². The number of anilines is 1. The van der Waals surface area contributed by atoms with Gasteiger partial charge in [0.05, 0.1) is 0 Å². The number of rotatable bonds is 4. The third-order valence-electron chi connectivity index (χ3n) is 2.78. The molecule has 0 bridgehead atoms. The quantitative estimate of drug-likeness (QED) is 0.847. The lowest BCUT2D eigenvalue weighted by Gasteiger charge is -2.11. The summed E-state index contributed by atoms with van der Waals surface area (Å²) in [7, 11) is 1.89. The topological polar surface area (TPSA) is 47.0 Å². The monoisotopic (exact) mass is 221 g/mol. The summed E-state index contributed by atoms with van der Waals surface area (Å²) in [6.07, 6.45) is 4.35. The molecular weight excluding hydrogens is 202 g/mol. The van der Waals surface area contributed by atoms with Crippen molar-refractivity contribution in [2.45, 2.75) is 38.7 Å². The summed E-state index contributed by atoms with van der Waals surface area (Å²) in [4.78, 5) is 9.05. The Morgan fingerprint density at radius 3 is 3.00 bits per heavy atom. The molecule has 0 aliphatic carbocycles. The van der Waals surface area contributed by atoms with E-state index in [0.29, 0.717) is 0 Å². The zero-order valence-electron chi connectivity index (χ0n) is 9.99. The van der Waals surface area contributed by atoms with Gasteiger partial charge in [0.15, 0.2) is 5.82 Å². The lowest BCUT2D eigenvalue weighted by Crippen LogP contribution is -2.08. The first-order chi connectivity index (χ1) is 7.83. The van der Waals surface area contributed by atoms with Crippen molar-refractivity contribution in [3.05, 3.63) is 17.6 Å². The Bertz CT molecular complexity index is 348. The minimum absolute atomic E-state index is 0.101. The van der Waals surface area contributed by atoms with E-state index in [-0.39, 0.29) is 6.10 Å². The van der Waals surface area contributed by atoms with Crippen molar-refractivity contribution < 1.29 is 4.74 Å². The van der Waals surface area contributed by atoms with Crippen LogP contribution in [0.5, 0.6) is 0 Å². The van der Waals surface area contributed by atoms with Crippen molar-refractivity contribution in [3.63, 3.8) is 0 Å². The van der Waals surface area contributed by atoms with Gasteiger partial charge in [0.2, 0.25) is 0 Å². The largest absolute Gasteiger partial charge is 0.373 e. The van der Waals surface area contributed by atoms with Crippen LogP contribution in [0.2, 0.25) is 0 Å². The Labute approximate surface area is 96.4 Å². The van der Waals surface area contributed by atoms with E-state index < -0.39 is 0 Å². The van der Waals surface area contributed by atoms with Crippen molar-refractivity contribution in [2.75, 3.05) is 19.0 Å². The summed E-state index contributed by atoms with van der Waals surface area (Å²) in [6.45, 7) is 2.99. The van der Waals surface area contributed by atoms with Gasteiger partial charge in [-0.15, -0.1) is 0 Å². The first-order valence-corrected chi connectivity index (χ1v) is 6.00. The first-order valence-electron chi connectivity index (χ1n) is 6.00. The van der Waals surface area contributed by atoms with E-state index in [9.17, 15) is 0 Å². The second-order valence-corrected chi connectivity index (χ2v) is 4.10. The molecule has 1 aliphatic rings. The van der Waals surface area contributed by atoms with Crippen molar-refractivity contribution >= 4 is 5.82 Å². The highest BCUT2D eigenvalue weighted by Gasteiger charge is 2.21. The second-order valence-electron chi connectivity index (χ2n) is 4.10. The fourth-order valence-corrected chi connectivity index (χ4v) is 1.96. The smallest absolute Gasteiger partial charge is 0.159 e. The molecule has 1 saturated heterocycles. The molecule has 1 aromatic rings. The Hall–Kier alpha value is -1.16. The zero-order chi connectivity index (χ0) is 11.4. The number of nitrogens with zero attached hydrogens (tertiary/aromatic N) is 2. The number of nitrogens with one attached hydrogen (secondary N) is 1. The van der Waals surface area contributed by atoms with Crippen molar-refractivity contribution in [3.8, 4) is 0 Å². The van der Waals surface area contributed by atoms with Gasteiger partial charge >= 0.3 is 0 Å². The third kappa shape index (κ3) is 2.50. The molecule has 2 rings (SSSR count). The number of aryl methyl sites for hydroxylation is 1. The van der Waals surface area contributed by atoms with Crippen LogP contribution in [0.15, 0.2) is 6.07 Å². The van der Waals surface area contributed by atoms with E-state index in [1.165, 1.54) is 0 Å². The molecule has 1 unspecified atom stereocenters. The highest BCUT2D eigenvalue weighted by atomic mass is 16.5. The zero-order valence-corrected chi connectivity index (χ0v) is 9.99. The molecule has 2 heterocycles. The average Bonchev–Trinajstić information content (AvgIpc) is 2.82. The van der Waals surface area contributed by atoms with Gasteiger partial charge in [-0.25, -0.2) is 9.97 Å². The molecule has 0 aromatic carbocycles. The van der Waals surface area contributed by atoms with Gasteiger partial charge in [-0.3, -0.25) is 0 Å². The van der Waals surface area contributed by atoms with Crippen LogP contribution in [-0.2, 0) is 11.2 Å². The highest BCUT2D eigenvalue weighted by Crippen LogP contribution is 2.26. The van der Waals surface area contributed by atoms with Crippen molar-refractivity contribution in [1.29, 1.82) is 0 Å². The summed E-state index contributed by atoms with van der Waals surface area (Å²) in [6, 6.07) is 2.02. The molecule has 0 saturated carbocycles. The molecule has 1 aliphatic heterocycles. The Morgan fingerprint density at radius 1 is 1.50 bits per heavy atom. The van der Waals surface area contributed by atoms with Crippen molar-refractivity contribution in [2.24, 2.45) is 0 Å². The molecule has 4 heteroatoms. The highest BCUT2D eigenvalue weighted by molar-refractivity contribution is 5.35. The van der Waals surface area contributed by atoms with Crippen LogP contribution in [0.1, 0.15) is 43.8 Å². The fourth-order valence-electron chi connectivity index (χ4n) is 1.96. The van der Waals surface area contributed by atoms with Gasteiger partial charge in [0, 0.05) is 25.4 Å². The van der Waals surface area contributed by atoms with Gasteiger partial charge in [0.1, 0.15) is 11.9 Å². The number of hydrogen-bond donors (Lipinski definition) is 1. The van der Waals surface area contributed by atoms with Crippen LogP contribution >= 0.6 is 0 Å². The van der Waals surface area contributed by atoms with E-state index in [2.05, 4.69) is 22.2 Å². The van der Waals surface area contributed by atoms with E-state index in [0.717, 1.165) is 49.6 Å². The molecule has 1 fully saturated rings. The van der Waals surface area contributed by atoms with Gasteiger partial charge < -0.3 is 10.1 Å². The minimum Gasteiger partial charge on any atom is -0.373 e. The SMILES string of the molecule is CCCc1cc(NC)nc(C2CCCO2)n1. The summed E-state index contributed by atoms with van der Waals surface area (Å²) >= 11 is 0. The summed E-state index contributed by atoms with van der Waals surface area (Å²) in [5, 5.41) is 3.08. The standard InChI is InChI=1S/C12H19N3O/c1-3-5-9-8-11(13-2)15-12(14-9)10-6-4-7-16-10/h8,10H,3-7H2,1-2H3,(H,13,14,15).